The van der Waals surface area contributed by atoms with Crippen molar-refractivity contribution >= 4 is 16.9 Å². The molecule has 1 N–H and O–H groups in total. The summed E-state index contributed by atoms with van der Waals surface area (Å²) in [5.74, 6) is -0.759. The van der Waals surface area contributed by atoms with Crippen LogP contribution in [0.1, 0.15) is 12.0 Å². The van der Waals surface area contributed by atoms with Crippen molar-refractivity contribution in [3.63, 3.8) is 0 Å². The van der Waals surface area contributed by atoms with E-state index in [0.717, 1.165) is 5.52 Å². The van der Waals surface area contributed by atoms with Gasteiger partial charge in [-0.25, -0.2) is 0 Å². The summed E-state index contributed by atoms with van der Waals surface area (Å²) >= 11 is 0. The Balaban J connectivity index is 2.39. The number of carbonyl (C=O) groups is 1. The number of rotatable bonds is 3. The summed E-state index contributed by atoms with van der Waals surface area (Å²) in [6, 6.07) is 8.04. The number of nitrogens with zero attached hydrogens (tertiary/aromatic N) is 1. The van der Waals surface area contributed by atoms with Crippen LogP contribution < -0.4 is 0 Å². The summed E-state index contributed by atoms with van der Waals surface area (Å²) in [7, 11) is 0. The molecule has 0 saturated heterocycles. The zero-order valence-electron chi connectivity index (χ0n) is 8.60. The second-order valence-corrected chi connectivity index (χ2v) is 3.67. The van der Waals surface area contributed by atoms with Crippen molar-refractivity contribution in [2.75, 3.05) is 0 Å². The molecule has 0 saturated carbocycles. The predicted octanol–water partition coefficient (Wildman–Crippen LogP) is 2.42. The molecule has 0 radical (unpaired) electrons. The zero-order valence-corrected chi connectivity index (χ0v) is 8.60. The molecule has 1 aromatic carbocycles. The normalized spacial score (nSPS) is 10.7. The molecule has 0 spiro atoms. The SMILES string of the molecule is Cc1cn(CCC(=O)O)c2ccccc12. The maximum absolute atomic E-state index is 10.5. The lowest BCUT2D eigenvalue weighted by molar-refractivity contribution is -0.137. The fourth-order valence-electron chi connectivity index (χ4n) is 1.83. The average molecular weight is 203 g/mol. The first-order chi connectivity index (χ1) is 7.18. The minimum Gasteiger partial charge on any atom is -0.481 e. The minimum absolute atomic E-state index is 0.165. The van der Waals surface area contributed by atoms with Gasteiger partial charge >= 0.3 is 5.97 Å². The highest BCUT2D eigenvalue weighted by molar-refractivity contribution is 5.83. The molecule has 0 fully saturated rings. The van der Waals surface area contributed by atoms with Gasteiger partial charge in [-0.1, -0.05) is 18.2 Å². The number of carboxylic acids is 1. The Hall–Kier alpha value is -1.77. The van der Waals surface area contributed by atoms with Gasteiger partial charge in [0.15, 0.2) is 0 Å². The number of para-hydroxylation sites is 1. The van der Waals surface area contributed by atoms with Crippen molar-refractivity contribution in [1.29, 1.82) is 0 Å². The smallest absolute Gasteiger partial charge is 0.305 e. The summed E-state index contributed by atoms with van der Waals surface area (Å²) in [6.07, 6.45) is 2.17. The summed E-state index contributed by atoms with van der Waals surface area (Å²) < 4.78 is 2.00. The topological polar surface area (TPSA) is 42.2 Å². The molecule has 0 unspecified atom stereocenters. The molecule has 1 aromatic heterocycles. The fraction of sp³-hybridized carbons (Fsp3) is 0.250. The van der Waals surface area contributed by atoms with E-state index < -0.39 is 5.97 Å². The Morgan fingerprint density at radius 2 is 2.13 bits per heavy atom. The van der Waals surface area contributed by atoms with Gasteiger partial charge in [0, 0.05) is 23.6 Å². The highest BCUT2D eigenvalue weighted by Gasteiger charge is 2.05. The molecule has 15 heavy (non-hydrogen) atoms. The summed E-state index contributed by atoms with van der Waals surface area (Å²) in [5.41, 5.74) is 2.30. The van der Waals surface area contributed by atoms with Crippen LogP contribution in [0.25, 0.3) is 10.9 Å². The lowest BCUT2D eigenvalue weighted by Crippen LogP contribution is -2.03. The van der Waals surface area contributed by atoms with E-state index in [0.29, 0.717) is 6.54 Å². The molecule has 0 bridgehead atoms. The first-order valence-electron chi connectivity index (χ1n) is 4.95. The quantitative estimate of drug-likeness (QED) is 0.832. The molecule has 78 valence electrons. The summed E-state index contributed by atoms with van der Waals surface area (Å²) in [5, 5.41) is 9.84. The van der Waals surface area contributed by atoms with E-state index in [-0.39, 0.29) is 6.42 Å². The Bertz CT molecular complexity index is 499. The van der Waals surface area contributed by atoms with Gasteiger partial charge in [0.1, 0.15) is 0 Å². The molecule has 0 amide bonds. The molecule has 2 aromatic rings. The Kier molecular flexibility index (Phi) is 2.46. The number of hydrogen-bond donors (Lipinski definition) is 1. The molecule has 3 nitrogen and oxygen atoms in total. The fourth-order valence-corrected chi connectivity index (χ4v) is 1.83. The highest BCUT2D eigenvalue weighted by atomic mass is 16.4. The maximum atomic E-state index is 10.5. The zero-order chi connectivity index (χ0) is 10.8. The van der Waals surface area contributed by atoms with E-state index in [4.69, 9.17) is 5.11 Å². The van der Waals surface area contributed by atoms with Crippen LogP contribution in [0, 0.1) is 6.92 Å². The van der Waals surface area contributed by atoms with E-state index in [9.17, 15) is 4.79 Å². The van der Waals surface area contributed by atoms with Crippen molar-refractivity contribution < 1.29 is 9.90 Å². The molecule has 2 rings (SSSR count). The van der Waals surface area contributed by atoms with Crippen LogP contribution in [0.2, 0.25) is 0 Å². The molecule has 0 aliphatic carbocycles. The third-order valence-electron chi connectivity index (χ3n) is 2.55. The second kappa shape index (κ2) is 3.77. The van der Waals surface area contributed by atoms with Crippen molar-refractivity contribution in [3.8, 4) is 0 Å². The predicted molar refractivity (Wildman–Crippen MR) is 58.9 cm³/mol. The van der Waals surface area contributed by atoms with Gasteiger partial charge in [-0.3, -0.25) is 4.79 Å². The molecular formula is C12H13NO2. The van der Waals surface area contributed by atoms with Crippen LogP contribution in [0.5, 0.6) is 0 Å². The van der Waals surface area contributed by atoms with E-state index >= 15 is 0 Å². The third kappa shape index (κ3) is 1.86. The summed E-state index contributed by atoms with van der Waals surface area (Å²) in [4.78, 5) is 10.5. The number of aromatic nitrogens is 1. The Morgan fingerprint density at radius 1 is 1.40 bits per heavy atom. The number of benzene rings is 1. The molecular weight excluding hydrogens is 190 g/mol. The van der Waals surface area contributed by atoms with Gasteiger partial charge in [-0.15, -0.1) is 0 Å². The number of fused-ring (bicyclic) bond motifs is 1. The van der Waals surface area contributed by atoms with Crippen molar-refractivity contribution in [2.45, 2.75) is 19.9 Å². The van der Waals surface area contributed by atoms with Gasteiger partial charge in [0.25, 0.3) is 0 Å². The van der Waals surface area contributed by atoms with Crippen molar-refractivity contribution in [1.82, 2.24) is 4.57 Å². The standard InChI is InChI=1S/C12H13NO2/c1-9-8-13(7-6-12(14)15)11-5-3-2-4-10(9)11/h2-5,8H,6-7H2,1H3,(H,14,15). The van der Waals surface area contributed by atoms with Crippen LogP contribution in [0.3, 0.4) is 0 Å². The molecule has 0 aliphatic rings. The Labute approximate surface area is 87.9 Å². The molecule has 3 heteroatoms. The Morgan fingerprint density at radius 3 is 2.87 bits per heavy atom. The first kappa shape index (κ1) is 9.77. The third-order valence-corrected chi connectivity index (χ3v) is 2.55. The van der Waals surface area contributed by atoms with Gasteiger partial charge in [0.05, 0.1) is 6.42 Å². The lowest BCUT2D eigenvalue weighted by Gasteiger charge is -2.01. The van der Waals surface area contributed by atoms with Crippen LogP contribution in [0.15, 0.2) is 30.5 Å². The van der Waals surface area contributed by atoms with Crippen molar-refractivity contribution in [3.05, 3.63) is 36.0 Å². The monoisotopic (exact) mass is 203 g/mol. The van der Waals surface area contributed by atoms with Crippen LogP contribution >= 0.6 is 0 Å². The van der Waals surface area contributed by atoms with Gasteiger partial charge in [-0.05, 0) is 18.6 Å². The number of carboxylic acid groups (broad SMARTS) is 1. The van der Waals surface area contributed by atoms with E-state index in [1.165, 1.54) is 10.9 Å². The van der Waals surface area contributed by atoms with E-state index in [1.807, 2.05) is 35.9 Å². The molecule has 0 aliphatic heterocycles. The van der Waals surface area contributed by atoms with E-state index in [1.54, 1.807) is 0 Å². The van der Waals surface area contributed by atoms with Crippen molar-refractivity contribution in [2.24, 2.45) is 0 Å². The lowest BCUT2D eigenvalue weighted by atomic mass is 10.2. The minimum atomic E-state index is -0.759. The van der Waals surface area contributed by atoms with Crippen LogP contribution in [0.4, 0.5) is 0 Å². The van der Waals surface area contributed by atoms with Gasteiger partial charge in [0.2, 0.25) is 0 Å². The van der Waals surface area contributed by atoms with Gasteiger partial charge in [-0.2, -0.15) is 0 Å². The number of aryl methyl sites for hydroxylation is 2. The van der Waals surface area contributed by atoms with Crippen LogP contribution in [-0.4, -0.2) is 15.6 Å². The maximum Gasteiger partial charge on any atom is 0.305 e. The summed E-state index contributed by atoms with van der Waals surface area (Å²) in [6.45, 7) is 2.57. The molecule has 1 heterocycles. The number of hydrogen-bond acceptors (Lipinski definition) is 1. The van der Waals surface area contributed by atoms with Gasteiger partial charge < -0.3 is 9.67 Å². The van der Waals surface area contributed by atoms with Crippen LogP contribution in [-0.2, 0) is 11.3 Å². The largest absolute Gasteiger partial charge is 0.481 e. The number of aliphatic carboxylic acids is 1. The molecule has 0 atom stereocenters. The first-order valence-corrected chi connectivity index (χ1v) is 4.95. The second-order valence-electron chi connectivity index (χ2n) is 3.67. The average Bonchev–Trinajstić information content (AvgIpc) is 2.54. The highest BCUT2D eigenvalue weighted by Crippen LogP contribution is 2.20. The van der Waals surface area contributed by atoms with E-state index in [2.05, 4.69) is 6.07 Å².